The first kappa shape index (κ1) is 25.7. The standard InChI is InChI=1S/C31H39NO2/c1-5-7-20-32(6-2)21-22-34-30-19-18-26(23-25(30)3)29(33)24-31(4,27-14-10-8-11-15-27)28-16-12-9-13-17-28/h8-19,23H,5-7,20-22,24H2,1-4H3. The molecule has 0 spiro atoms. The van der Waals surface area contributed by atoms with Crippen LogP contribution in [0.3, 0.4) is 0 Å². The number of hydrogen-bond acceptors (Lipinski definition) is 3. The van der Waals surface area contributed by atoms with E-state index in [-0.39, 0.29) is 5.78 Å². The van der Waals surface area contributed by atoms with Gasteiger partial charge < -0.3 is 9.64 Å². The summed E-state index contributed by atoms with van der Waals surface area (Å²) < 4.78 is 6.07. The third-order valence-corrected chi connectivity index (χ3v) is 6.77. The quantitative estimate of drug-likeness (QED) is 0.257. The molecule has 0 aliphatic carbocycles. The number of ketones is 1. The molecule has 0 bridgehead atoms. The van der Waals surface area contributed by atoms with Gasteiger partial charge in [0.2, 0.25) is 0 Å². The van der Waals surface area contributed by atoms with Crippen LogP contribution in [0.4, 0.5) is 0 Å². The molecule has 0 aliphatic heterocycles. The van der Waals surface area contributed by atoms with Gasteiger partial charge in [0, 0.05) is 23.9 Å². The van der Waals surface area contributed by atoms with Crippen LogP contribution >= 0.6 is 0 Å². The molecular weight excluding hydrogens is 418 g/mol. The highest BCUT2D eigenvalue weighted by atomic mass is 16.5. The van der Waals surface area contributed by atoms with Crippen LogP contribution in [0.2, 0.25) is 0 Å². The number of nitrogens with zero attached hydrogens (tertiary/aromatic N) is 1. The molecular formula is C31H39NO2. The number of rotatable bonds is 13. The summed E-state index contributed by atoms with van der Waals surface area (Å²) in [7, 11) is 0. The van der Waals surface area contributed by atoms with Gasteiger partial charge in [-0.3, -0.25) is 4.79 Å². The molecule has 0 N–H and O–H groups in total. The van der Waals surface area contributed by atoms with E-state index in [2.05, 4.69) is 49.9 Å². The van der Waals surface area contributed by atoms with Gasteiger partial charge in [-0.25, -0.2) is 0 Å². The van der Waals surface area contributed by atoms with Crippen LogP contribution in [0.5, 0.6) is 5.75 Å². The number of carbonyl (C=O) groups is 1. The number of Topliss-reactive ketones (excluding diaryl/α,β-unsaturated/α-hetero) is 1. The Morgan fingerprint density at radius 2 is 1.50 bits per heavy atom. The number of aryl methyl sites for hydroxylation is 1. The van der Waals surface area contributed by atoms with Crippen molar-refractivity contribution >= 4 is 5.78 Å². The molecule has 0 atom stereocenters. The van der Waals surface area contributed by atoms with Gasteiger partial charge in [-0.2, -0.15) is 0 Å². The zero-order valence-corrected chi connectivity index (χ0v) is 21.2. The highest BCUT2D eigenvalue weighted by Crippen LogP contribution is 2.36. The van der Waals surface area contributed by atoms with Crippen molar-refractivity contribution in [1.29, 1.82) is 0 Å². The molecule has 3 aromatic rings. The fourth-order valence-corrected chi connectivity index (χ4v) is 4.49. The third-order valence-electron chi connectivity index (χ3n) is 6.77. The van der Waals surface area contributed by atoms with Crippen molar-refractivity contribution in [2.24, 2.45) is 0 Å². The van der Waals surface area contributed by atoms with Crippen molar-refractivity contribution in [2.45, 2.75) is 52.4 Å². The fourth-order valence-electron chi connectivity index (χ4n) is 4.49. The Kier molecular flexibility index (Phi) is 9.47. The van der Waals surface area contributed by atoms with Gasteiger partial charge in [0.05, 0.1) is 0 Å². The lowest BCUT2D eigenvalue weighted by molar-refractivity contribution is 0.0962. The summed E-state index contributed by atoms with van der Waals surface area (Å²) in [6, 6.07) is 26.5. The van der Waals surface area contributed by atoms with Crippen LogP contribution in [-0.4, -0.2) is 36.9 Å². The molecule has 3 rings (SSSR count). The monoisotopic (exact) mass is 457 g/mol. The Labute approximate surface area is 205 Å². The van der Waals surface area contributed by atoms with Gasteiger partial charge in [0.25, 0.3) is 0 Å². The van der Waals surface area contributed by atoms with Crippen LogP contribution < -0.4 is 4.74 Å². The molecule has 0 aliphatic rings. The first-order valence-electron chi connectivity index (χ1n) is 12.6. The topological polar surface area (TPSA) is 29.5 Å². The molecule has 0 radical (unpaired) electrons. The number of likely N-dealkylation sites (N-methyl/N-ethyl adjacent to an activating group) is 1. The summed E-state index contributed by atoms with van der Waals surface area (Å²) in [5, 5.41) is 0. The maximum atomic E-state index is 13.5. The van der Waals surface area contributed by atoms with Crippen LogP contribution in [-0.2, 0) is 5.41 Å². The molecule has 34 heavy (non-hydrogen) atoms. The summed E-state index contributed by atoms with van der Waals surface area (Å²) in [4.78, 5) is 15.9. The van der Waals surface area contributed by atoms with E-state index in [4.69, 9.17) is 4.74 Å². The van der Waals surface area contributed by atoms with Crippen molar-refractivity contribution in [3.63, 3.8) is 0 Å². The van der Waals surface area contributed by atoms with Gasteiger partial charge in [-0.1, -0.05) is 87.9 Å². The largest absolute Gasteiger partial charge is 0.492 e. The van der Waals surface area contributed by atoms with E-state index in [1.165, 1.54) is 12.8 Å². The first-order valence-corrected chi connectivity index (χ1v) is 12.6. The lowest BCUT2D eigenvalue weighted by atomic mass is 9.72. The normalized spacial score (nSPS) is 11.6. The summed E-state index contributed by atoms with van der Waals surface area (Å²) in [6.07, 6.45) is 2.83. The number of ether oxygens (including phenoxy) is 1. The molecule has 180 valence electrons. The molecule has 0 saturated heterocycles. The van der Waals surface area contributed by atoms with Gasteiger partial charge in [0.1, 0.15) is 12.4 Å². The number of unbranched alkanes of at least 4 members (excludes halogenated alkanes) is 1. The SMILES string of the molecule is CCCCN(CC)CCOc1ccc(C(=O)CC(C)(c2ccccc2)c2ccccc2)cc1C. The lowest BCUT2D eigenvalue weighted by Gasteiger charge is -2.30. The summed E-state index contributed by atoms with van der Waals surface area (Å²) in [6.45, 7) is 12.3. The Balaban J connectivity index is 1.72. The maximum Gasteiger partial charge on any atom is 0.164 e. The predicted molar refractivity (Wildman–Crippen MR) is 142 cm³/mol. The molecule has 0 amide bonds. The zero-order chi connectivity index (χ0) is 24.4. The minimum absolute atomic E-state index is 0.140. The molecule has 0 saturated carbocycles. The number of carbonyl (C=O) groups excluding carboxylic acids is 1. The maximum absolute atomic E-state index is 13.5. The van der Waals surface area contributed by atoms with E-state index in [1.54, 1.807) is 0 Å². The Bertz CT molecular complexity index is 990. The van der Waals surface area contributed by atoms with Gasteiger partial charge in [-0.15, -0.1) is 0 Å². The predicted octanol–water partition coefficient (Wildman–Crippen LogP) is 7.07. The van der Waals surface area contributed by atoms with Crippen LogP contribution in [0, 0.1) is 6.92 Å². The van der Waals surface area contributed by atoms with Crippen molar-refractivity contribution in [1.82, 2.24) is 4.90 Å². The third kappa shape index (κ3) is 6.57. The Morgan fingerprint density at radius 1 is 0.882 bits per heavy atom. The van der Waals surface area contributed by atoms with Crippen LogP contribution in [0.25, 0.3) is 0 Å². The molecule has 0 fully saturated rings. The van der Waals surface area contributed by atoms with E-state index in [1.807, 2.05) is 61.5 Å². The number of benzene rings is 3. The highest BCUT2D eigenvalue weighted by molar-refractivity contribution is 5.97. The molecule has 3 nitrogen and oxygen atoms in total. The lowest BCUT2D eigenvalue weighted by Crippen LogP contribution is -2.29. The highest BCUT2D eigenvalue weighted by Gasteiger charge is 2.32. The first-order chi connectivity index (χ1) is 16.5. The second-order valence-electron chi connectivity index (χ2n) is 9.28. The van der Waals surface area contributed by atoms with E-state index >= 15 is 0 Å². The minimum Gasteiger partial charge on any atom is -0.492 e. The van der Waals surface area contributed by atoms with E-state index in [0.29, 0.717) is 13.0 Å². The molecule has 3 heteroatoms. The van der Waals surface area contributed by atoms with Crippen molar-refractivity contribution in [2.75, 3.05) is 26.2 Å². The van der Waals surface area contributed by atoms with E-state index in [0.717, 1.165) is 47.6 Å². The van der Waals surface area contributed by atoms with Gasteiger partial charge in [0.15, 0.2) is 5.78 Å². The zero-order valence-electron chi connectivity index (χ0n) is 21.2. The average molecular weight is 458 g/mol. The second kappa shape index (κ2) is 12.5. The van der Waals surface area contributed by atoms with Crippen molar-refractivity contribution < 1.29 is 9.53 Å². The van der Waals surface area contributed by atoms with Crippen LogP contribution in [0.1, 0.15) is 67.1 Å². The smallest absolute Gasteiger partial charge is 0.164 e. The fraction of sp³-hybridized carbons (Fsp3) is 0.387. The van der Waals surface area contributed by atoms with Crippen molar-refractivity contribution in [3.8, 4) is 5.75 Å². The number of hydrogen-bond donors (Lipinski definition) is 0. The van der Waals surface area contributed by atoms with E-state index < -0.39 is 5.41 Å². The summed E-state index contributed by atoms with van der Waals surface area (Å²) in [5.74, 6) is 0.999. The Morgan fingerprint density at radius 3 is 2.03 bits per heavy atom. The van der Waals surface area contributed by atoms with Gasteiger partial charge in [-0.05, 0) is 61.3 Å². The minimum atomic E-state index is -0.398. The second-order valence-corrected chi connectivity index (χ2v) is 9.28. The average Bonchev–Trinajstić information content (AvgIpc) is 2.87. The van der Waals surface area contributed by atoms with Crippen molar-refractivity contribution in [3.05, 3.63) is 101 Å². The molecule has 0 aromatic heterocycles. The molecule has 3 aromatic carbocycles. The van der Waals surface area contributed by atoms with E-state index in [9.17, 15) is 4.79 Å². The summed E-state index contributed by atoms with van der Waals surface area (Å²) >= 11 is 0. The van der Waals surface area contributed by atoms with Crippen LogP contribution in [0.15, 0.2) is 78.9 Å². The molecule has 0 heterocycles. The Hall–Kier alpha value is -2.91. The summed E-state index contributed by atoms with van der Waals surface area (Å²) in [5.41, 5.74) is 3.64. The van der Waals surface area contributed by atoms with Gasteiger partial charge >= 0.3 is 0 Å². The molecule has 0 unspecified atom stereocenters.